The molecule has 1 aliphatic heterocycles. The normalized spacial score (nSPS) is 19.1. The van der Waals surface area contributed by atoms with Crippen molar-refractivity contribution >= 4 is 28.7 Å². The number of rotatable bonds is 5. The number of imidazole rings is 1. The molecule has 0 spiro atoms. The van der Waals surface area contributed by atoms with Gasteiger partial charge < -0.3 is 15.4 Å². The van der Waals surface area contributed by atoms with Crippen molar-refractivity contribution in [3.8, 4) is 0 Å². The van der Waals surface area contributed by atoms with Gasteiger partial charge >= 0.3 is 0 Å². The number of ether oxygens (including phenoxy) is 1. The van der Waals surface area contributed by atoms with E-state index >= 15 is 0 Å². The number of aromatic nitrogens is 4. The molecule has 0 amide bonds. The third-order valence-corrected chi connectivity index (χ3v) is 5.74. The Morgan fingerprint density at radius 1 is 1.03 bits per heavy atom. The molecule has 31 heavy (non-hydrogen) atoms. The third kappa shape index (κ3) is 4.95. The van der Waals surface area contributed by atoms with Gasteiger partial charge in [-0.25, -0.2) is 14.4 Å². The van der Waals surface area contributed by atoms with E-state index < -0.39 is 0 Å². The predicted octanol–water partition coefficient (Wildman–Crippen LogP) is 5.44. The van der Waals surface area contributed by atoms with Crippen LogP contribution in [0.4, 0.5) is 22.0 Å². The van der Waals surface area contributed by atoms with E-state index in [-0.39, 0.29) is 11.9 Å². The molecule has 0 bridgehead atoms. The Bertz CT molecular complexity index is 978. The average molecular weight is 427 g/mol. The number of hydrogen-bond acceptors (Lipinski definition) is 6. The molecule has 166 valence electrons. The summed E-state index contributed by atoms with van der Waals surface area (Å²) in [6, 6.07) is 6.85. The van der Waals surface area contributed by atoms with E-state index in [2.05, 4.69) is 20.2 Å². The Labute approximate surface area is 182 Å². The van der Waals surface area contributed by atoms with Crippen molar-refractivity contribution in [1.82, 2.24) is 19.5 Å². The molecule has 3 heterocycles. The zero-order chi connectivity index (χ0) is 21.6. The molecule has 8 heteroatoms. The summed E-state index contributed by atoms with van der Waals surface area (Å²) < 4.78 is 21.0. The molecule has 2 aliphatic rings. The molecule has 2 aromatic heterocycles. The molecule has 1 saturated carbocycles. The summed E-state index contributed by atoms with van der Waals surface area (Å²) in [5, 5.41) is 6.81. The summed E-state index contributed by atoms with van der Waals surface area (Å²) in [7, 11) is 0. The van der Waals surface area contributed by atoms with E-state index in [9.17, 15) is 4.39 Å². The lowest BCUT2D eigenvalue weighted by Gasteiger charge is -2.22. The van der Waals surface area contributed by atoms with Crippen molar-refractivity contribution in [3.05, 3.63) is 36.3 Å². The van der Waals surface area contributed by atoms with E-state index in [1.807, 2.05) is 13.8 Å². The SMILES string of the molecule is CC.Fc1ccc(Nc2nc3cnc(NC4CCCCC4)nc3n2C2CCOC2)cc1. The number of anilines is 3. The van der Waals surface area contributed by atoms with Gasteiger partial charge in [-0.2, -0.15) is 4.98 Å². The first-order valence-corrected chi connectivity index (χ1v) is 11.4. The molecule has 2 N–H and O–H groups in total. The highest BCUT2D eigenvalue weighted by molar-refractivity contribution is 5.76. The molecular weight excluding hydrogens is 395 g/mol. The minimum absolute atomic E-state index is 0.153. The molecule has 3 aromatic rings. The van der Waals surface area contributed by atoms with Gasteiger partial charge in [0, 0.05) is 18.3 Å². The maximum atomic E-state index is 13.3. The summed E-state index contributed by atoms with van der Waals surface area (Å²) >= 11 is 0. The van der Waals surface area contributed by atoms with Crippen LogP contribution in [0.5, 0.6) is 0 Å². The fraction of sp³-hybridized carbons (Fsp3) is 0.522. The fourth-order valence-electron chi connectivity index (χ4n) is 4.21. The summed E-state index contributed by atoms with van der Waals surface area (Å²) in [6.45, 7) is 5.34. The van der Waals surface area contributed by atoms with Crippen LogP contribution in [0, 0.1) is 5.82 Å². The number of benzene rings is 1. The molecule has 1 aromatic carbocycles. The topological polar surface area (TPSA) is 76.9 Å². The van der Waals surface area contributed by atoms with Crippen LogP contribution in [0.3, 0.4) is 0 Å². The van der Waals surface area contributed by atoms with Gasteiger partial charge in [0.25, 0.3) is 0 Å². The number of halogens is 1. The molecule has 5 rings (SSSR count). The van der Waals surface area contributed by atoms with Crippen molar-refractivity contribution in [3.63, 3.8) is 0 Å². The maximum absolute atomic E-state index is 13.3. The Kier molecular flexibility index (Phi) is 6.96. The van der Waals surface area contributed by atoms with Gasteiger partial charge in [0.15, 0.2) is 5.65 Å². The zero-order valence-electron chi connectivity index (χ0n) is 18.3. The van der Waals surface area contributed by atoms with Crippen molar-refractivity contribution in [2.45, 2.75) is 64.5 Å². The highest BCUT2D eigenvalue weighted by Crippen LogP contribution is 2.30. The first-order valence-electron chi connectivity index (χ1n) is 11.4. The minimum Gasteiger partial charge on any atom is -0.379 e. The Hall–Kier alpha value is -2.74. The second-order valence-electron chi connectivity index (χ2n) is 7.84. The lowest BCUT2D eigenvalue weighted by Crippen LogP contribution is -2.23. The highest BCUT2D eigenvalue weighted by Gasteiger charge is 2.25. The van der Waals surface area contributed by atoms with E-state index in [0.29, 0.717) is 24.5 Å². The average Bonchev–Trinajstić information content (AvgIpc) is 3.45. The van der Waals surface area contributed by atoms with Crippen LogP contribution in [-0.4, -0.2) is 38.8 Å². The first-order chi connectivity index (χ1) is 15.3. The number of nitrogens with one attached hydrogen (secondary N) is 2. The zero-order valence-corrected chi connectivity index (χ0v) is 18.3. The summed E-state index contributed by atoms with van der Waals surface area (Å²) in [4.78, 5) is 14.0. The predicted molar refractivity (Wildman–Crippen MR) is 121 cm³/mol. The van der Waals surface area contributed by atoms with Gasteiger partial charge in [-0.05, 0) is 43.5 Å². The minimum atomic E-state index is -0.266. The van der Waals surface area contributed by atoms with E-state index in [1.54, 1.807) is 18.3 Å². The van der Waals surface area contributed by atoms with Gasteiger partial charge in [0.1, 0.15) is 11.3 Å². The Morgan fingerprint density at radius 3 is 2.52 bits per heavy atom. The standard InChI is InChI=1S/C21H25FN6O.C2H6/c22-14-6-8-16(9-7-14)25-21-26-18-12-23-20(24-15-4-2-1-3-5-15)27-19(18)28(21)17-10-11-29-13-17;1-2/h6-9,12,15,17H,1-5,10-11,13H2,(H,25,26)(H,23,24,27);1-2H3. The number of hydrogen-bond donors (Lipinski definition) is 2. The van der Waals surface area contributed by atoms with Gasteiger partial charge in [-0.1, -0.05) is 33.1 Å². The van der Waals surface area contributed by atoms with Gasteiger partial charge in [-0.3, -0.25) is 4.57 Å². The number of nitrogens with zero attached hydrogens (tertiary/aromatic N) is 4. The highest BCUT2D eigenvalue weighted by atomic mass is 19.1. The molecule has 7 nitrogen and oxygen atoms in total. The second kappa shape index (κ2) is 10.0. The summed E-state index contributed by atoms with van der Waals surface area (Å²) in [5.41, 5.74) is 2.30. The monoisotopic (exact) mass is 426 g/mol. The number of fused-ring (bicyclic) bond motifs is 1. The third-order valence-electron chi connectivity index (χ3n) is 5.74. The van der Waals surface area contributed by atoms with Crippen LogP contribution in [0.2, 0.25) is 0 Å². The van der Waals surface area contributed by atoms with Gasteiger partial charge in [0.05, 0.1) is 18.8 Å². The molecule has 2 fully saturated rings. The maximum Gasteiger partial charge on any atom is 0.224 e. The van der Waals surface area contributed by atoms with Crippen molar-refractivity contribution in [1.29, 1.82) is 0 Å². The van der Waals surface area contributed by atoms with Gasteiger partial charge in [-0.15, -0.1) is 0 Å². The van der Waals surface area contributed by atoms with Crippen molar-refractivity contribution in [2.24, 2.45) is 0 Å². The van der Waals surface area contributed by atoms with E-state index in [1.165, 1.54) is 31.4 Å². The van der Waals surface area contributed by atoms with Crippen LogP contribution in [0.1, 0.15) is 58.4 Å². The molecule has 0 radical (unpaired) electrons. The molecule has 1 aliphatic carbocycles. The molecule has 1 saturated heterocycles. The first kappa shape index (κ1) is 21.5. The molecular formula is C23H31FN6O. The Morgan fingerprint density at radius 2 is 1.81 bits per heavy atom. The molecule has 1 unspecified atom stereocenters. The largest absolute Gasteiger partial charge is 0.379 e. The van der Waals surface area contributed by atoms with Crippen LogP contribution in [-0.2, 0) is 4.74 Å². The van der Waals surface area contributed by atoms with Crippen molar-refractivity contribution < 1.29 is 9.13 Å². The molecule has 1 atom stereocenters. The van der Waals surface area contributed by atoms with Crippen LogP contribution >= 0.6 is 0 Å². The van der Waals surface area contributed by atoms with Crippen LogP contribution in [0.15, 0.2) is 30.5 Å². The lowest BCUT2D eigenvalue weighted by atomic mass is 9.96. The second-order valence-corrected chi connectivity index (χ2v) is 7.84. The van der Waals surface area contributed by atoms with Crippen molar-refractivity contribution in [2.75, 3.05) is 23.8 Å². The van der Waals surface area contributed by atoms with Gasteiger partial charge in [0.2, 0.25) is 11.9 Å². The smallest absolute Gasteiger partial charge is 0.224 e. The lowest BCUT2D eigenvalue weighted by molar-refractivity contribution is 0.187. The Balaban J connectivity index is 0.00000112. The summed E-state index contributed by atoms with van der Waals surface area (Å²) in [6.07, 6.45) is 8.81. The summed E-state index contributed by atoms with van der Waals surface area (Å²) in [5.74, 6) is 1.06. The van der Waals surface area contributed by atoms with E-state index in [4.69, 9.17) is 14.7 Å². The van der Waals surface area contributed by atoms with Crippen LogP contribution < -0.4 is 10.6 Å². The fourth-order valence-corrected chi connectivity index (χ4v) is 4.21. The quantitative estimate of drug-likeness (QED) is 0.566. The van der Waals surface area contributed by atoms with E-state index in [0.717, 1.165) is 42.7 Å². The van der Waals surface area contributed by atoms with Crippen LogP contribution in [0.25, 0.3) is 11.2 Å².